The average molecular weight is 309 g/mol. The summed E-state index contributed by atoms with van der Waals surface area (Å²) >= 11 is 0. The SMILES string of the molecule is CC(=O)O[C@@H]1C[C@@H](c2cccc(F)c2)N(C(=O)O)[C@H]1C(C)C. The van der Waals surface area contributed by atoms with E-state index in [9.17, 15) is 19.1 Å². The molecule has 0 spiro atoms. The van der Waals surface area contributed by atoms with Crippen LogP contribution in [0.1, 0.15) is 38.8 Å². The number of esters is 1. The minimum atomic E-state index is -1.09. The van der Waals surface area contributed by atoms with Gasteiger partial charge >= 0.3 is 12.1 Å². The van der Waals surface area contributed by atoms with Crippen molar-refractivity contribution >= 4 is 12.1 Å². The first-order valence-electron chi connectivity index (χ1n) is 7.25. The third kappa shape index (κ3) is 3.21. The fraction of sp³-hybridized carbons (Fsp3) is 0.500. The van der Waals surface area contributed by atoms with Gasteiger partial charge in [-0.05, 0) is 23.6 Å². The summed E-state index contributed by atoms with van der Waals surface area (Å²) in [7, 11) is 0. The highest BCUT2D eigenvalue weighted by molar-refractivity contribution is 5.68. The summed E-state index contributed by atoms with van der Waals surface area (Å²) in [6.07, 6.45) is -1.29. The summed E-state index contributed by atoms with van der Waals surface area (Å²) in [4.78, 5) is 24.3. The van der Waals surface area contributed by atoms with E-state index in [1.54, 1.807) is 12.1 Å². The summed E-state index contributed by atoms with van der Waals surface area (Å²) in [5.74, 6) is -0.889. The van der Waals surface area contributed by atoms with Crippen molar-refractivity contribution in [2.24, 2.45) is 5.92 Å². The van der Waals surface area contributed by atoms with Gasteiger partial charge in [0.15, 0.2) is 0 Å². The Morgan fingerprint density at radius 1 is 1.41 bits per heavy atom. The highest BCUT2D eigenvalue weighted by atomic mass is 19.1. The van der Waals surface area contributed by atoms with Crippen LogP contribution in [0.4, 0.5) is 9.18 Å². The molecule has 1 N–H and O–H groups in total. The number of carboxylic acid groups (broad SMARTS) is 1. The largest absolute Gasteiger partial charge is 0.465 e. The zero-order valence-corrected chi connectivity index (χ0v) is 12.8. The van der Waals surface area contributed by atoms with Crippen LogP contribution in [0, 0.1) is 11.7 Å². The molecule has 0 aromatic heterocycles. The normalized spacial score (nSPS) is 24.6. The summed E-state index contributed by atoms with van der Waals surface area (Å²) in [5, 5.41) is 9.58. The number of ether oxygens (including phenoxy) is 1. The predicted molar refractivity (Wildman–Crippen MR) is 77.8 cm³/mol. The zero-order chi connectivity index (χ0) is 16.4. The molecule has 5 nitrogen and oxygen atoms in total. The van der Waals surface area contributed by atoms with Crippen molar-refractivity contribution in [2.45, 2.75) is 45.4 Å². The second-order valence-corrected chi connectivity index (χ2v) is 5.88. The fourth-order valence-electron chi connectivity index (χ4n) is 3.21. The molecular formula is C16H20FNO4. The molecule has 1 aliphatic rings. The molecule has 120 valence electrons. The number of nitrogens with zero attached hydrogens (tertiary/aromatic N) is 1. The van der Waals surface area contributed by atoms with Crippen LogP contribution in [-0.4, -0.2) is 34.2 Å². The highest BCUT2D eigenvalue weighted by Gasteiger charge is 2.47. The number of rotatable bonds is 3. The quantitative estimate of drug-likeness (QED) is 0.871. The highest BCUT2D eigenvalue weighted by Crippen LogP contribution is 2.40. The summed E-state index contributed by atoms with van der Waals surface area (Å²) in [5.41, 5.74) is 0.572. The van der Waals surface area contributed by atoms with Crippen LogP contribution < -0.4 is 0 Å². The smallest absolute Gasteiger partial charge is 0.408 e. The van der Waals surface area contributed by atoms with Crippen molar-refractivity contribution in [3.05, 3.63) is 35.6 Å². The van der Waals surface area contributed by atoms with Crippen molar-refractivity contribution in [1.29, 1.82) is 0 Å². The molecule has 3 atom stereocenters. The topological polar surface area (TPSA) is 66.8 Å². The summed E-state index contributed by atoms with van der Waals surface area (Å²) in [6.45, 7) is 5.06. The second kappa shape index (κ2) is 6.34. The molecule has 1 saturated heterocycles. The van der Waals surface area contributed by atoms with E-state index >= 15 is 0 Å². The lowest BCUT2D eigenvalue weighted by molar-refractivity contribution is -0.148. The molecule has 0 saturated carbocycles. The second-order valence-electron chi connectivity index (χ2n) is 5.88. The van der Waals surface area contributed by atoms with Crippen LogP contribution in [0.25, 0.3) is 0 Å². The molecule has 0 unspecified atom stereocenters. The zero-order valence-electron chi connectivity index (χ0n) is 12.8. The number of halogens is 1. The van der Waals surface area contributed by atoms with Crippen LogP contribution in [0.5, 0.6) is 0 Å². The van der Waals surface area contributed by atoms with Gasteiger partial charge in [0, 0.05) is 13.3 Å². The Balaban J connectivity index is 2.40. The molecule has 1 heterocycles. The molecule has 22 heavy (non-hydrogen) atoms. The first-order valence-corrected chi connectivity index (χ1v) is 7.25. The maximum atomic E-state index is 13.5. The molecule has 1 aromatic carbocycles. The Morgan fingerprint density at radius 2 is 2.09 bits per heavy atom. The Kier molecular flexibility index (Phi) is 4.68. The van der Waals surface area contributed by atoms with Gasteiger partial charge in [-0.15, -0.1) is 0 Å². The van der Waals surface area contributed by atoms with Gasteiger partial charge < -0.3 is 9.84 Å². The first kappa shape index (κ1) is 16.3. The first-order chi connectivity index (χ1) is 10.3. The standard InChI is InChI=1S/C16H20FNO4/c1-9(2)15-14(22-10(3)19)8-13(18(15)16(20)21)11-5-4-6-12(17)7-11/h4-7,9,13-15H,8H2,1-3H3,(H,20,21)/t13-,14+,15-/m0/s1. The predicted octanol–water partition coefficient (Wildman–Crippen LogP) is 3.21. The van der Waals surface area contributed by atoms with E-state index in [4.69, 9.17) is 4.74 Å². The number of hydrogen-bond acceptors (Lipinski definition) is 3. The van der Waals surface area contributed by atoms with Crippen LogP contribution in [0.15, 0.2) is 24.3 Å². The molecule has 0 aliphatic carbocycles. The van der Waals surface area contributed by atoms with Gasteiger partial charge in [-0.25, -0.2) is 9.18 Å². The third-order valence-corrected chi connectivity index (χ3v) is 3.95. The van der Waals surface area contributed by atoms with Crippen LogP contribution in [-0.2, 0) is 9.53 Å². The minimum Gasteiger partial charge on any atom is -0.465 e. The average Bonchev–Trinajstić information content (AvgIpc) is 2.77. The van der Waals surface area contributed by atoms with Crippen molar-refractivity contribution < 1.29 is 23.8 Å². The fourth-order valence-corrected chi connectivity index (χ4v) is 3.21. The molecule has 1 fully saturated rings. The number of amides is 1. The van der Waals surface area contributed by atoms with Gasteiger partial charge in [-0.2, -0.15) is 0 Å². The lowest BCUT2D eigenvalue weighted by Gasteiger charge is -2.31. The van der Waals surface area contributed by atoms with Crippen molar-refractivity contribution in [3.8, 4) is 0 Å². The Hall–Kier alpha value is -2.11. The van der Waals surface area contributed by atoms with Gasteiger partial charge in [0.2, 0.25) is 0 Å². The van der Waals surface area contributed by atoms with Crippen LogP contribution >= 0.6 is 0 Å². The maximum Gasteiger partial charge on any atom is 0.408 e. The lowest BCUT2D eigenvalue weighted by Crippen LogP contribution is -2.44. The van der Waals surface area contributed by atoms with Gasteiger partial charge in [0.25, 0.3) is 0 Å². The molecule has 1 aromatic rings. The summed E-state index contributed by atoms with van der Waals surface area (Å²) in [6, 6.07) is 4.91. The number of likely N-dealkylation sites (tertiary alicyclic amines) is 1. The van der Waals surface area contributed by atoms with Gasteiger partial charge in [-0.1, -0.05) is 26.0 Å². The third-order valence-electron chi connectivity index (χ3n) is 3.95. The molecular weight excluding hydrogens is 289 g/mol. The molecule has 0 radical (unpaired) electrons. The van der Waals surface area contributed by atoms with E-state index in [1.165, 1.54) is 24.0 Å². The van der Waals surface area contributed by atoms with E-state index in [1.807, 2.05) is 13.8 Å². The number of carbonyl (C=O) groups is 2. The van der Waals surface area contributed by atoms with Crippen LogP contribution in [0.2, 0.25) is 0 Å². The van der Waals surface area contributed by atoms with Crippen LogP contribution in [0.3, 0.4) is 0 Å². The molecule has 6 heteroatoms. The van der Waals surface area contributed by atoms with E-state index < -0.39 is 36.1 Å². The van der Waals surface area contributed by atoms with E-state index in [-0.39, 0.29) is 5.92 Å². The maximum absolute atomic E-state index is 13.5. The van der Waals surface area contributed by atoms with Crippen molar-refractivity contribution in [2.75, 3.05) is 0 Å². The molecule has 0 bridgehead atoms. The van der Waals surface area contributed by atoms with Gasteiger partial charge in [0.05, 0.1) is 12.1 Å². The lowest BCUT2D eigenvalue weighted by atomic mass is 9.99. The van der Waals surface area contributed by atoms with Crippen molar-refractivity contribution in [3.63, 3.8) is 0 Å². The Labute approximate surface area is 128 Å². The monoisotopic (exact) mass is 309 g/mol. The Bertz CT molecular complexity index is 575. The molecule has 1 aliphatic heterocycles. The van der Waals surface area contributed by atoms with Crippen molar-refractivity contribution in [1.82, 2.24) is 4.90 Å². The number of carbonyl (C=O) groups excluding carboxylic acids is 1. The van der Waals surface area contributed by atoms with E-state index in [0.717, 1.165) is 0 Å². The minimum absolute atomic E-state index is 0.0287. The van der Waals surface area contributed by atoms with Gasteiger partial charge in [-0.3, -0.25) is 9.69 Å². The van der Waals surface area contributed by atoms with Gasteiger partial charge in [0.1, 0.15) is 11.9 Å². The summed E-state index contributed by atoms with van der Waals surface area (Å²) < 4.78 is 18.8. The number of hydrogen-bond donors (Lipinski definition) is 1. The van der Waals surface area contributed by atoms with E-state index in [2.05, 4.69) is 0 Å². The van der Waals surface area contributed by atoms with E-state index in [0.29, 0.717) is 12.0 Å². The Morgan fingerprint density at radius 3 is 2.59 bits per heavy atom. The molecule has 2 rings (SSSR count). The molecule has 1 amide bonds. The number of benzene rings is 1.